The van der Waals surface area contributed by atoms with E-state index in [-0.39, 0.29) is 0 Å². The Morgan fingerprint density at radius 3 is 2.23 bits per heavy atom. The maximum atomic E-state index is 5.26. The maximum absolute atomic E-state index is 5.26. The van der Waals surface area contributed by atoms with Gasteiger partial charge in [-0.25, -0.2) is 0 Å². The SMILES string of the molecule is Cc1ccc2c(c1)-c1c(cccc1C(=NCc1ccccc1)c1cccc(-c3ccccc3)c1)C2. The molecule has 5 aromatic rings. The normalized spacial score (nSPS) is 12.3. The fourth-order valence-electron chi connectivity index (χ4n) is 5.11. The van der Waals surface area contributed by atoms with Crippen LogP contribution in [0.5, 0.6) is 0 Å². The summed E-state index contributed by atoms with van der Waals surface area (Å²) in [7, 11) is 0. The van der Waals surface area contributed by atoms with Crippen molar-refractivity contribution in [2.24, 2.45) is 4.99 Å². The molecule has 0 fully saturated rings. The van der Waals surface area contributed by atoms with E-state index in [1.54, 1.807) is 0 Å². The van der Waals surface area contributed by atoms with E-state index in [1.807, 2.05) is 0 Å². The Hall–Kier alpha value is -4.23. The Morgan fingerprint density at radius 1 is 0.657 bits per heavy atom. The van der Waals surface area contributed by atoms with E-state index in [1.165, 1.54) is 50.1 Å². The van der Waals surface area contributed by atoms with Crippen molar-refractivity contribution < 1.29 is 0 Å². The predicted octanol–water partition coefficient (Wildman–Crippen LogP) is 8.27. The summed E-state index contributed by atoms with van der Waals surface area (Å²) in [5.41, 5.74) is 13.8. The van der Waals surface area contributed by atoms with Gasteiger partial charge >= 0.3 is 0 Å². The molecule has 0 radical (unpaired) electrons. The monoisotopic (exact) mass is 449 g/mol. The summed E-state index contributed by atoms with van der Waals surface area (Å²) in [5, 5.41) is 0. The largest absolute Gasteiger partial charge is 0.279 e. The van der Waals surface area contributed by atoms with Gasteiger partial charge in [0.05, 0.1) is 12.3 Å². The second kappa shape index (κ2) is 9.19. The predicted molar refractivity (Wildman–Crippen MR) is 147 cm³/mol. The van der Waals surface area contributed by atoms with Crippen molar-refractivity contribution in [3.8, 4) is 22.3 Å². The Bertz CT molecular complexity index is 1530. The Kier molecular flexibility index (Phi) is 5.60. The maximum Gasteiger partial charge on any atom is 0.0729 e. The molecule has 0 heterocycles. The molecule has 1 aliphatic rings. The highest BCUT2D eigenvalue weighted by atomic mass is 14.7. The Labute approximate surface area is 207 Å². The summed E-state index contributed by atoms with van der Waals surface area (Å²) in [4.78, 5) is 5.26. The quantitative estimate of drug-likeness (QED) is 0.235. The fraction of sp³-hybridized carbons (Fsp3) is 0.0882. The molecule has 0 amide bonds. The number of hydrogen-bond donors (Lipinski definition) is 0. The zero-order chi connectivity index (χ0) is 23.6. The van der Waals surface area contributed by atoms with Crippen molar-refractivity contribution in [2.45, 2.75) is 19.9 Å². The van der Waals surface area contributed by atoms with Crippen molar-refractivity contribution in [3.05, 3.63) is 155 Å². The first-order valence-corrected chi connectivity index (χ1v) is 12.2. The van der Waals surface area contributed by atoms with Gasteiger partial charge in [0.25, 0.3) is 0 Å². The molecule has 0 bridgehead atoms. The van der Waals surface area contributed by atoms with Crippen molar-refractivity contribution in [3.63, 3.8) is 0 Å². The average Bonchev–Trinajstić information content (AvgIpc) is 3.28. The molecule has 0 atom stereocenters. The van der Waals surface area contributed by atoms with Crippen LogP contribution in [0.1, 0.15) is 33.4 Å². The van der Waals surface area contributed by atoms with Crippen LogP contribution in [-0.2, 0) is 13.0 Å². The van der Waals surface area contributed by atoms with Gasteiger partial charge in [-0.05, 0) is 58.4 Å². The van der Waals surface area contributed by atoms with E-state index in [4.69, 9.17) is 4.99 Å². The lowest BCUT2D eigenvalue weighted by Crippen LogP contribution is -2.07. The molecule has 0 saturated carbocycles. The highest BCUT2D eigenvalue weighted by Crippen LogP contribution is 2.40. The van der Waals surface area contributed by atoms with Crippen molar-refractivity contribution in [1.29, 1.82) is 0 Å². The van der Waals surface area contributed by atoms with Crippen molar-refractivity contribution in [2.75, 3.05) is 0 Å². The van der Waals surface area contributed by atoms with E-state index in [2.05, 4.69) is 128 Å². The van der Waals surface area contributed by atoms with Crippen LogP contribution in [-0.4, -0.2) is 5.71 Å². The lowest BCUT2D eigenvalue weighted by molar-refractivity contribution is 1.07. The standard InChI is InChI=1S/C34H27N/c1-24-18-19-28-22-29-15-9-17-31(33(29)32(28)20-24)34(35-23-25-10-4-2-5-11-25)30-16-8-14-27(21-30)26-12-6-3-7-13-26/h2-21H,22-23H2,1H3. The second-order valence-corrected chi connectivity index (χ2v) is 9.27. The number of hydrogen-bond acceptors (Lipinski definition) is 1. The summed E-state index contributed by atoms with van der Waals surface area (Å²) >= 11 is 0. The smallest absolute Gasteiger partial charge is 0.0729 e. The summed E-state index contributed by atoms with van der Waals surface area (Å²) in [6.45, 7) is 2.82. The summed E-state index contributed by atoms with van der Waals surface area (Å²) in [5.74, 6) is 0. The van der Waals surface area contributed by atoms with Crippen LogP contribution in [0, 0.1) is 6.92 Å². The minimum Gasteiger partial charge on any atom is -0.279 e. The minimum atomic E-state index is 0.649. The third kappa shape index (κ3) is 4.22. The summed E-state index contributed by atoms with van der Waals surface area (Å²) in [6, 6.07) is 43.4. The molecule has 0 saturated heterocycles. The zero-order valence-corrected chi connectivity index (χ0v) is 19.9. The van der Waals surface area contributed by atoms with Gasteiger partial charge in [0.15, 0.2) is 0 Å². The molecular formula is C34H27N. The molecule has 0 spiro atoms. The molecule has 5 aromatic carbocycles. The molecule has 1 nitrogen and oxygen atoms in total. The van der Waals surface area contributed by atoms with Crippen LogP contribution in [0.2, 0.25) is 0 Å². The number of rotatable bonds is 5. The van der Waals surface area contributed by atoms with Crippen LogP contribution in [0.15, 0.2) is 126 Å². The fourth-order valence-corrected chi connectivity index (χ4v) is 5.11. The van der Waals surface area contributed by atoms with E-state index in [0.29, 0.717) is 6.54 Å². The molecule has 35 heavy (non-hydrogen) atoms. The van der Waals surface area contributed by atoms with Crippen LogP contribution in [0.4, 0.5) is 0 Å². The lowest BCUT2D eigenvalue weighted by atomic mass is 9.91. The topological polar surface area (TPSA) is 12.4 Å². The first kappa shape index (κ1) is 21.3. The van der Waals surface area contributed by atoms with Crippen LogP contribution in [0.3, 0.4) is 0 Å². The highest BCUT2D eigenvalue weighted by molar-refractivity contribution is 6.17. The van der Waals surface area contributed by atoms with Gasteiger partial charge in [0, 0.05) is 11.1 Å². The van der Waals surface area contributed by atoms with Gasteiger partial charge in [-0.15, -0.1) is 0 Å². The third-order valence-corrected chi connectivity index (χ3v) is 6.83. The number of fused-ring (bicyclic) bond motifs is 3. The molecule has 0 unspecified atom stereocenters. The lowest BCUT2D eigenvalue weighted by Gasteiger charge is -2.15. The molecule has 0 aliphatic heterocycles. The van der Waals surface area contributed by atoms with Gasteiger partial charge in [0.1, 0.15) is 0 Å². The van der Waals surface area contributed by atoms with Gasteiger partial charge in [-0.2, -0.15) is 0 Å². The van der Waals surface area contributed by atoms with Crippen molar-refractivity contribution >= 4 is 5.71 Å². The van der Waals surface area contributed by atoms with Crippen LogP contribution < -0.4 is 0 Å². The molecule has 6 rings (SSSR count). The summed E-state index contributed by atoms with van der Waals surface area (Å²) < 4.78 is 0. The first-order valence-electron chi connectivity index (χ1n) is 12.2. The Balaban J connectivity index is 1.53. The minimum absolute atomic E-state index is 0.649. The van der Waals surface area contributed by atoms with E-state index >= 15 is 0 Å². The summed E-state index contributed by atoms with van der Waals surface area (Å²) in [6.07, 6.45) is 0.981. The van der Waals surface area contributed by atoms with Crippen LogP contribution in [0.25, 0.3) is 22.3 Å². The molecule has 0 aromatic heterocycles. The average molecular weight is 450 g/mol. The van der Waals surface area contributed by atoms with Gasteiger partial charge in [-0.3, -0.25) is 4.99 Å². The van der Waals surface area contributed by atoms with Crippen molar-refractivity contribution in [1.82, 2.24) is 0 Å². The molecule has 1 aliphatic carbocycles. The molecule has 168 valence electrons. The molecule has 1 heteroatoms. The van der Waals surface area contributed by atoms with E-state index in [9.17, 15) is 0 Å². The van der Waals surface area contributed by atoms with Gasteiger partial charge in [0.2, 0.25) is 0 Å². The molecule has 0 N–H and O–H groups in total. The Morgan fingerprint density at radius 2 is 1.40 bits per heavy atom. The van der Waals surface area contributed by atoms with E-state index in [0.717, 1.165) is 17.7 Å². The number of benzene rings is 5. The zero-order valence-electron chi connectivity index (χ0n) is 19.9. The number of aliphatic imine (C=N–C) groups is 1. The first-order chi connectivity index (χ1) is 17.3. The third-order valence-electron chi connectivity index (χ3n) is 6.83. The highest BCUT2D eigenvalue weighted by Gasteiger charge is 2.24. The van der Waals surface area contributed by atoms with E-state index < -0.39 is 0 Å². The number of aryl methyl sites for hydroxylation is 1. The molecular weight excluding hydrogens is 422 g/mol. The van der Waals surface area contributed by atoms with Gasteiger partial charge < -0.3 is 0 Å². The second-order valence-electron chi connectivity index (χ2n) is 9.27. The van der Waals surface area contributed by atoms with Gasteiger partial charge in [-0.1, -0.05) is 121 Å². The number of nitrogens with zero attached hydrogens (tertiary/aromatic N) is 1. The van der Waals surface area contributed by atoms with Crippen LogP contribution >= 0.6 is 0 Å².